The number of hydrogen-bond donors (Lipinski definition) is 2. The highest BCUT2D eigenvalue weighted by atomic mass is 127. The monoisotopic (exact) mass is 682 g/mol. The van der Waals surface area contributed by atoms with Gasteiger partial charge in [0.2, 0.25) is 0 Å². The van der Waals surface area contributed by atoms with Crippen molar-refractivity contribution in [1.29, 1.82) is 0 Å². The Balaban J connectivity index is 0.00000405. The van der Waals surface area contributed by atoms with E-state index in [0.29, 0.717) is 13.1 Å². The minimum absolute atomic E-state index is 0. The first-order chi connectivity index (χ1) is 19.7. The summed E-state index contributed by atoms with van der Waals surface area (Å²) in [6.45, 7) is 12.2. The Labute approximate surface area is 264 Å². The Kier molecular flexibility index (Phi) is 9.81. The number of rotatable bonds is 8. The van der Waals surface area contributed by atoms with Crippen molar-refractivity contribution >= 4 is 23.2 Å². The normalized spacial score (nSPS) is 12.3. The number of hydrogen-bond acceptors (Lipinski definition) is 4. The molecule has 0 saturated heterocycles. The van der Waals surface area contributed by atoms with Gasteiger partial charge >= 0.3 is 12.2 Å². The summed E-state index contributed by atoms with van der Waals surface area (Å²) in [6, 6.07) is 22.8. The number of nitrogens with zero attached hydrogens (tertiary/aromatic N) is 2. The van der Waals surface area contributed by atoms with E-state index in [0.717, 1.165) is 35.5 Å². The number of aryl methyl sites for hydroxylation is 2. The van der Waals surface area contributed by atoms with E-state index >= 15 is 0 Å². The van der Waals surface area contributed by atoms with Crippen molar-refractivity contribution < 1.29 is 47.6 Å². The van der Waals surface area contributed by atoms with Gasteiger partial charge in [0, 0.05) is 12.5 Å². The SMILES string of the molecule is CCn1c(CNC(=O)OC(C)(C)C)[n+](CC)c2ccc(CNC(=O)OCC3c4ccccc4-c4ccccc43)cc21.[I-]. The van der Waals surface area contributed by atoms with Crippen molar-refractivity contribution in [3.63, 3.8) is 0 Å². The van der Waals surface area contributed by atoms with Crippen LogP contribution >= 0.6 is 0 Å². The predicted octanol–water partition coefficient (Wildman–Crippen LogP) is 3.04. The van der Waals surface area contributed by atoms with Crippen LogP contribution in [0.3, 0.4) is 0 Å². The highest BCUT2D eigenvalue weighted by Crippen LogP contribution is 2.44. The van der Waals surface area contributed by atoms with Gasteiger partial charge in [0.25, 0.3) is 5.82 Å². The van der Waals surface area contributed by atoms with E-state index in [9.17, 15) is 9.59 Å². The van der Waals surface area contributed by atoms with Crippen LogP contribution < -0.4 is 39.2 Å². The highest BCUT2D eigenvalue weighted by molar-refractivity contribution is 5.79. The molecular weight excluding hydrogens is 643 g/mol. The molecule has 1 aromatic heterocycles. The maximum atomic E-state index is 12.7. The van der Waals surface area contributed by atoms with Crippen molar-refractivity contribution in [2.75, 3.05) is 6.61 Å². The van der Waals surface area contributed by atoms with Crippen LogP contribution in [0.5, 0.6) is 0 Å². The Morgan fingerprint density at radius 2 is 1.50 bits per heavy atom. The first-order valence-corrected chi connectivity index (χ1v) is 14.3. The Morgan fingerprint density at radius 1 is 0.881 bits per heavy atom. The van der Waals surface area contributed by atoms with Crippen molar-refractivity contribution in [2.45, 2.75) is 72.3 Å². The Bertz CT molecular complexity index is 1550. The van der Waals surface area contributed by atoms with E-state index in [2.05, 4.69) is 70.0 Å². The van der Waals surface area contributed by atoms with Gasteiger partial charge in [-0.2, -0.15) is 0 Å². The lowest BCUT2D eigenvalue weighted by Gasteiger charge is -2.19. The van der Waals surface area contributed by atoms with Crippen molar-refractivity contribution in [3.8, 4) is 11.1 Å². The molecular formula is C33H39IN4O4. The molecule has 1 aliphatic carbocycles. The molecule has 2 N–H and O–H groups in total. The number of carbonyl (C=O) groups excluding carboxylic acids is 2. The maximum Gasteiger partial charge on any atom is 0.408 e. The minimum atomic E-state index is -0.558. The van der Waals surface area contributed by atoms with E-state index in [1.807, 2.05) is 51.1 Å². The van der Waals surface area contributed by atoms with Crippen LogP contribution in [0, 0.1) is 0 Å². The zero-order valence-electron chi connectivity index (χ0n) is 24.9. The number of aromatic nitrogens is 2. The first kappa shape index (κ1) is 31.3. The molecule has 0 atom stereocenters. The van der Waals surface area contributed by atoms with Gasteiger partial charge in [0.15, 0.2) is 11.0 Å². The quantitative estimate of drug-likeness (QED) is 0.221. The minimum Gasteiger partial charge on any atom is -1.00 e. The number of halogens is 1. The van der Waals surface area contributed by atoms with Crippen LogP contribution in [0.2, 0.25) is 0 Å². The molecule has 0 spiro atoms. The summed E-state index contributed by atoms with van der Waals surface area (Å²) in [5.74, 6) is 1.01. The molecule has 4 aromatic rings. The average Bonchev–Trinajstić information content (AvgIpc) is 3.44. The number of amides is 2. The van der Waals surface area contributed by atoms with Gasteiger partial charge in [-0.05, 0) is 74.6 Å². The smallest absolute Gasteiger partial charge is 0.408 e. The molecule has 3 aromatic carbocycles. The summed E-state index contributed by atoms with van der Waals surface area (Å²) in [5, 5.41) is 5.81. The Morgan fingerprint density at radius 3 is 2.10 bits per heavy atom. The first-order valence-electron chi connectivity index (χ1n) is 14.3. The maximum absolute atomic E-state index is 12.7. The molecule has 222 valence electrons. The number of fused-ring (bicyclic) bond motifs is 4. The molecule has 1 heterocycles. The van der Waals surface area contributed by atoms with Gasteiger partial charge in [-0.25, -0.2) is 18.7 Å². The van der Waals surface area contributed by atoms with Crippen LogP contribution in [0.4, 0.5) is 9.59 Å². The molecule has 2 amide bonds. The molecule has 0 unspecified atom stereocenters. The number of carbonyl (C=O) groups is 2. The third-order valence-electron chi connectivity index (χ3n) is 7.45. The van der Waals surface area contributed by atoms with E-state index in [4.69, 9.17) is 9.47 Å². The van der Waals surface area contributed by atoms with Crippen LogP contribution in [-0.2, 0) is 35.7 Å². The number of imidazole rings is 1. The van der Waals surface area contributed by atoms with Crippen molar-refractivity contribution in [1.82, 2.24) is 15.2 Å². The molecule has 0 aliphatic heterocycles. The lowest BCUT2D eigenvalue weighted by atomic mass is 9.98. The summed E-state index contributed by atoms with van der Waals surface area (Å²) < 4.78 is 15.5. The second kappa shape index (κ2) is 13.1. The standard InChI is InChI=1S/C33H38N4O4.HI/c1-6-36-28-17-16-22(18-29(28)37(7-2)30(36)20-35-32(39)41-33(3,4)5)19-34-31(38)40-21-27-25-14-10-8-12-23(25)24-13-9-11-15-26(24)27;/h8-18,27H,6-7,19-21H2,1-5H3,(H-,34,35,38,39);1H. The van der Waals surface area contributed by atoms with E-state index in [1.165, 1.54) is 22.3 Å². The third kappa shape index (κ3) is 6.56. The topological polar surface area (TPSA) is 85.5 Å². The molecule has 1 aliphatic rings. The van der Waals surface area contributed by atoms with Gasteiger partial charge < -0.3 is 44.1 Å². The van der Waals surface area contributed by atoms with Gasteiger partial charge in [-0.3, -0.25) is 0 Å². The van der Waals surface area contributed by atoms with Gasteiger partial charge in [-0.1, -0.05) is 54.6 Å². The van der Waals surface area contributed by atoms with E-state index < -0.39 is 17.8 Å². The average molecular weight is 683 g/mol. The lowest BCUT2D eigenvalue weighted by molar-refractivity contribution is -0.676. The fraction of sp³-hybridized carbons (Fsp3) is 0.364. The van der Waals surface area contributed by atoms with E-state index in [-0.39, 0.29) is 36.5 Å². The fourth-order valence-electron chi connectivity index (χ4n) is 5.73. The number of alkyl carbamates (subject to hydrolysis) is 2. The predicted molar refractivity (Wildman–Crippen MR) is 158 cm³/mol. The molecule has 0 radical (unpaired) electrons. The van der Waals surface area contributed by atoms with E-state index in [1.54, 1.807) is 0 Å². The van der Waals surface area contributed by atoms with Crippen LogP contribution in [0.25, 0.3) is 22.2 Å². The summed E-state index contributed by atoms with van der Waals surface area (Å²) in [7, 11) is 0. The highest BCUT2D eigenvalue weighted by Gasteiger charge is 2.29. The molecule has 42 heavy (non-hydrogen) atoms. The zero-order valence-corrected chi connectivity index (χ0v) is 27.0. The molecule has 0 saturated carbocycles. The summed E-state index contributed by atoms with van der Waals surface area (Å²) >= 11 is 0. The second-order valence-electron chi connectivity index (χ2n) is 11.3. The molecule has 5 rings (SSSR count). The zero-order chi connectivity index (χ0) is 29.1. The van der Waals surface area contributed by atoms with Gasteiger partial charge in [0.05, 0.1) is 13.1 Å². The molecule has 0 bridgehead atoms. The Hall–Kier alpha value is -3.60. The number of nitrogens with one attached hydrogen (secondary N) is 2. The second-order valence-corrected chi connectivity index (χ2v) is 11.3. The molecule has 0 fully saturated rings. The third-order valence-corrected chi connectivity index (χ3v) is 7.45. The largest absolute Gasteiger partial charge is 1.00 e. The molecule has 9 heteroatoms. The van der Waals surface area contributed by atoms with Crippen molar-refractivity contribution in [2.24, 2.45) is 0 Å². The van der Waals surface area contributed by atoms with Gasteiger partial charge in [-0.15, -0.1) is 0 Å². The van der Waals surface area contributed by atoms with Crippen molar-refractivity contribution in [3.05, 3.63) is 89.2 Å². The van der Waals surface area contributed by atoms with Gasteiger partial charge in [0.1, 0.15) is 18.8 Å². The van der Waals surface area contributed by atoms with Crippen LogP contribution in [0.1, 0.15) is 63.1 Å². The van der Waals surface area contributed by atoms with Crippen LogP contribution in [0.15, 0.2) is 66.7 Å². The lowest BCUT2D eigenvalue weighted by Crippen LogP contribution is -3.00. The molecule has 8 nitrogen and oxygen atoms in total. The number of benzene rings is 3. The summed E-state index contributed by atoms with van der Waals surface area (Å²) in [6.07, 6.45) is -0.884. The van der Waals surface area contributed by atoms with Crippen LogP contribution in [-0.4, -0.2) is 29.0 Å². The number of ether oxygens (including phenoxy) is 2. The fourth-order valence-corrected chi connectivity index (χ4v) is 5.73. The summed E-state index contributed by atoms with van der Waals surface area (Å²) in [5.41, 5.74) is 7.30. The summed E-state index contributed by atoms with van der Waals surface area (Å²) in [4.78, 5) is 25.0.